The fraction of sp³-hybridized carbons (Fsp3) is 0.571. The highest BCUT2D eigenvalue weighted by Gasteiger charge is 2.26. The Morgan fingerprint density at radius 1 is 1.62 bits per heavy atom. The predicted molar refractivity (Wildman–Crippen MR) is 47.2 cm³/mol. The van der Waals surface area contributed by atoms with Crippen LogP contribution in [-0.4, -0.2) is 25.8 Å². The lowest BCUT2D eigenvalue weighted by atomic mass is 9.98. The van der Waals surface area contributed by atoms with Crippen molar-refractivity contribution in [2.75, 3.05) is 0 Å². The predicted octanol–water partition coefficient (Wildman–Crippen LogP) is 0.688. The lowest BCUT2D eigenvalue weighted by Gasteiger charge is -2.19. The summed E-state index contributed by atoms with van der Waals surface area (Å²) < 4.78 is 2.59. The van der Waals surface area contributed by atoms with Gasteiger partial charge in [0.2, 0.25) is 0 Å². The maximum atomic E-state index is 10.7. The Morgan fingerprint density at radius 2 is 2.38 bits per heavy atom. The van der Waals surface area contributed by atoms with Crippen LogP contribution in [0, 0.1) is 5.92 Å². The topological polar surface area (TPSA) is 68.0 Å². The fourth-order valence-corrected chi connectivity index (χ4v) is 1.97. The molecule has 0 amide bonds. The van der Waals surface area contributed by atoms with E-state index in [1.165, 1.54) is 0 Å². The van der Waals surface area contributed by atoms with Crippen molar-refractivity contribution in [2.24, 2.45) is 5.92 Å². The number of aliphatic carboxylic acids is 1. The molecule has 5 nitrogen and oxygen atoms in total. The molecule has 0 aromatic carbocycles. The molecule has 1 aromatic heterocycles. The van der Waals surface area contributed by atoms with Gasteiger partial charge in [0.15, 0.2) is 4.73 Å². The third kappa shape index (κ3) is 1.46. The summed E-state index contributed by atoms with van der Waals surface area (Å²) in [6.45, 7) is 0.680. The van der Waals surface area contributed by atoms with Crippen LogP contribution in [0.2, 0.25) is 0 Å². The third-order valence-corrected chi connectivity index (χ3v) is 2.85. The molecule has 1 N–H and O–H groups in total. The van der Waals surface area contributed by atoms with E-state index >= 15 is 0 Å². The van der Waals surface area contributed by atoms with Crippen molar-refractivity contribution in [1.82, 2.24) is 14.8 Å². The van der Waals surface area contributed by atoms with Gasteiger partial charge in [-0.25, -0.2) is 0 Å². The minimum atomic E-state index is -0.745. The van der Waals surface area contributed by atoms with Crippen molar-refractivity contribution in [3.05, 3.63) is 10.6 Å². The van der Waals surface area contributed by atoms with E-state index in [9.17, 15) is 4.79 Å². The summed E-state index contributed by atoms with van der Waals surface area (Å²) in [7, 11) is 0. The molecule has 0 aliphatic carbocycles. The van der Waals surface area contributed by atoms with E-state index in [0.29, 0.717) is 24.1 Å². The minimum absolute atomic E-state index is 0.302. The van der Waals surface area contributed by atoms with Gasteiger partial charge in [0.25, 0.3) is 0 Å². The Balaban J connectivity index is 2.25. The highest BCUT2D eigenvalue weighted by atomic mass is 79.9. The molecular weight excluding hydrogens is 238 g/mol. The highest BCUT2D eigenvalue weighted by molar-refractivity contribution is 9.10. The Hall–Kier alpha value is -0.910. The number of hydrogen-bond acceptors (Lipinski definition) is 3. The van der Waals surface area contributed by atoms with Crippen molar-refractivity contribution in [1.29, 1.82) is 0 Å². The lowest BCUT2D eigenvalue weighted by Crippen LogP contribution is -2.25. The Labute approximate surface area is 82.9 Å². The molecular formula is C7H8BrN3O2. The number of halogens is 1. The van der Waals surface area contributed by atoms with Crippen LogP contribution >= 0.6 is 15.9 Å². The van der Waals surface area contributed by atoms with Gasteiger partial charge in [0.05, 0.1) is 5.92 Å². The smallest absolute Gasteiger partial charge is 0.307 e. The van der Waals surface area contributed by atoms with Gasteiger partial charge >= 0.3 is 5.97 Å². The van der Waals surface area contributed by atoms with E-state index in [1.807, 2.05) is 4.57 Å². The molecule has 1 unspecified atom stereocenters. The molecule has 1 atom stereocenters. The van der Waals surface area contributed by atoms with Gasteiger partial charge < -0.3 is 9.67 Å². The largest absolute Gasteiger partial charge is 0.481 e. The molecule has 0 saturated carbocycles. The number of aromatic nitrogens is 3. The standard InChI is InChI=1S/C7H8BrN3O2/c8-7-10-9-5-3-4(6(12)13)1-2-11(5)7/h4H,1-3H2,(H,12,13). The number of rotatable bonds is 1. The minimum Gasteiger partial charge on any atom is -0.481 e. The molecule has 1 aromatic rings. The molecule has 0 spiro atoms. The summed E-state index contributed by atoms with van der Waals surface area (Å²) in [4.78, 5) is 10.7. The van der Waals surface area contributed by atoms with Gasteiger partial charge in [-0.05, 0) is 22.4 Å². The number of nitrogens with zero attached hydrogens (tertiary/aromatic N) is 3. The first-order valence-corrected chi connectivity index (χ1v) is 4.78. The molecule has 2 rings (SSSR count). The molecule has 6 heteroatoms. The SMILES string of the molecule is O=C(O)C1CCn2c(Br)nnc2C1. The van der Waals surface area contributed by atoms with Crippen molar-refractivity contribution in [3.63, 3.8) is 0 Å². The van der Waals surface area contributed by atoms with E-state index in [-0.39, 0.29) is 5.92 Å². The van der Waals surface area contributed by atoms with Crippen LogP contribution in [0.3, 0.4) is 0 Å². The molecule has 0 radical (unpaired) electrons. The monoisotopic (exact) mass is 245 g/mol. The first-order valence-electron chi connectivity index (χ1n) is 3.99. The Morgan fingerprint density at radius 3 is 3.08 bits per heavy atom. The van der Waals surface area contributed by atoms with Crippen LogP contribution in [-0.2, 0) is 17.8 Å². The van der Waals surface area contributed by atoms with Crippen molar-refractivity contribution >= 4 is 21.9 Å². The van der Waals surface area contributed by atoms with Gasteiger partial charge in [-0.1, -0.05) is 0 Å². The first-order chi connectivity index (χ1) is 6.18. The maximum absolute atomic E-state index is 10.7. The number of carboxylic acids is 1. The molecule has 0 bridgehead atoms. The van der Waals surface area contributed by atoms with Crippen molar-refractivity contribution in [3.8, 4) is 0 Å². The lowest BCUT2D eigenvalue weighted by molar-refractivity contribution is -0.142. The van der Waals surface area contributed by atoms with Gasteiger partial charge in [-0.3, -0.25) is 4.79 Å². The number of carbonyl (C=O) groups is 1. The number of hydrogen-bond donors (Lipinski definition) is 1. The van der Waals surface area contributed by atoms with E-state index in [1.54, 1.807) is 0 Å². The van der Waals surface area contributed by atoms with Crippen LogP contribution in [0.1, 0.15) is 12.2 Å². The summed E-state index contributed by atoms with van der Waals surface area (Å²) in [5.74, 6) is -0.292. The van der Waals surface area contributed by atoms with E-state index in [4.69, 9.17) is 5.11 Å². The van der Waals surface area contributed by atoms with Crippen LogP contribution in [0.15, 0.2) is 4.73 Å². The zero-order chi connectivity index (χ0) is 9.42. The van der Waals surface area contributed by atoms with Gasteiger partial charge in [0.1, 0.15) is 5.82 Å². The zero-order valence-corrected chi connectivity index (χ0v) is 8.36. The van der Waals surface area contributed by atoms with Crippen molar-refractivity contribution in [2.45, 2.75) is 19.4 Å². The van der Waals surface area contributed by atoms with Crippen LogP contribution in [0.25, 0.3) is 0 Å². The summed E-state index contributed by atoms with van der Waals surface area (Å²) >= 11 is 3.25. The molecule has 0 saturated heterocycles. The molecule has 1 aliphatic rings. The third-order valence-electron chi connectivity index (χ3n) is 2.26. The summed E-state index contributed by atoms with van der Waals surface area (Å²) in [6.07, 6.45) is 1.13. The fourth-order valence-electron chi connectivity index (χ4n) is 1.50. The van der Waals surface area contributed by atoms with Gasteiger partial charge in [-0.15, -0.1) is 10.2 Å². The maximum Gasteiger partial charge on any atom is 0.307 e. The van der Waals surface area contributed by atoms with Crippen LogP contribution < -0.4 is 0 Å². The normalized spacial score (nSPS) is 21.2. The molecule has 1 aliphatic heterocycles. The number of carboxylic acid groups (broad SMARTS) is 1. The summed E-state index contributed by atoms with van der Waals surface area (Å²) in [5, 5.41) is 16.5. The van der Waals surface area contributed by atoms with E-state index < -0.39 is 5.97 Å². The summed E-state index contributed by atoms with van der Waals surface area (Å²) in [5.41, 5.74) is 0. The van der Waals surface area contributed by atoms with E-state index in [2.05, 4.69) is 26.1 Å². The molecule has 70 valence electrons. The Bertz CT molecular complexity index is 350. The highest BCUT2D eigenvalue weighted by Crippen LogP contribution is 2.22. The average Bonchev–Trinajstić information content (AvgIpc) is 2.47. The van der Waals surface area contributed by atoms with Gasteiger partial charge in [0, 0.05) is 13.0 Å². The molecule has 2 heterocycles. The molecule has 13 heavy (non-hydrogen) atoms. The van der Waals surface area contributed by atoms with Crippen molar-refractivity contribution < 1.29 is 9.90 Å². The van der Waals surface area contributed by atoms with E-state index in [0.717, 1.165) is 5.82 Å². The average molecular weight is 246 g/mol. The van der Waals surface area contributed by atoms with Crippen LogP contribution in [0.4, 0.5) is 0 Å². The quantitative estimate of drug-likeness (QED) is 0.791. The zero-order valence-electron chi connectivity index (χ0n) is 6.77. The Kier molecular flexibility index (Phi) is 2.07. The second-order valence-corrected chi connectivity index (χ2v) is 3.77. The second kappa shape index (κ2) is 3.10. The molecule has 0 fully saturated rings. The summed E-state index contributed by atoms with van der Waals surface area (Å²) in [6, 6.07) is 0. The van der Waals surface area contributed by atoms with Gasteiger partial charge in [-0.2, -0.15) is 0 Å². The van der Waals surface area contributed by atoms with Crippen LogP contribution in [0.5, 0.6) is 0 Å². The number of fused-ring (bicyclic) bond motifs is 1. The first kappa shape index (κ1) is 8.68. The second-order valence-electron chi connectivity index (χ2n) is 3.06.